The Balaban J connectivity index is 1.05. The number of aromatic amines is 1. The highest BCUT2D eigenvalue weighted by atomic mass is 16.5. The lowest BCUT2D eigenvalue weighted by atomic mass is 9.84. The number of piperidine rings is 1. The van der Waals surface area contributed by atoms with Crippen molar-refractivity contribution in [2.75, 3.05) is 19.7 Å². The number of H-pyrrole nitrogens is 1. The van der Waals surface area contributed by atoms with E-state index in [0.717, 1.165) is 33.2 Å². The van der Waals surface area contributed by atoms with Crippen LogP contribution in [0.3, 0.4) is 0 Å². The Morgan fingerprint density at radius 3 is 2.60 bits per heavy atom. The highest BCUT2D eigenvalue weighted by Crippen LogP contribution is 2.34. The first-order valence-corrected chi connectivity index (χ1v) is 12.2. The first kappa shape index (κ1) is 22.0. The summed E-state index contributed by atoms with van der Waals surface area (Å²) in [4.78, 5) is 9.97. The maximum atomic E-state index is 11.3. The Kier molecular flexibility index (Phi) is 5.65. The predicted molar refractivity (Wildman–Crippen MR) is 138 cm³/mol. The van der Waals surface area contributed by atoms with Gasteiger partial charge in [0.1, 0.15) is 12.0 Å². The lowest BCUT2D eigenvalue weighted by Crippen LogP contribution is -2.47. The molecule has 3 heterocycles. The number of rotatable bonds is 6. The third kappa shape index (κ3) is 4.25. The lowest BCUT2D eigenvalue weighted by Gasteiger charge is -2.40. The molecule has 0 spiro atoms. The number of pyridine rings is 1. The average molecular weight is 468 g/mol. The van der Waals surface area contributed by atoms with Crippen molar-refractivity contribution in [3.8, 4) is 5.75 Å². The Morgan fingerprint density at radius 2 is 1.71 bits per heavy atom. The smallest absolute Gasteiger partial charge is 0.121 e. The molecular weight excluding hydrogens is 438 g/mol. The van der Waals surface area contributed by atoms with Gasteiger partial charge in [-0.05, 0) is 43.2 Å². The molecule has 1 aliphatic rings. The largest absolute Gasteiger partial charge is 0.493 e. The minimum Gasteiger partial charge on any atom is -0.493 e. The molecule has 3 aromatic carbocycles. The van der Waals surface area contributed by atoms with E-state index >= 15 is 0 Å². The number of hydrogen-bond acceptors (Lipinski definition) is 5. The van der Waals surface area contributed by atoms with Crippen molar-refractivity contribution < 1.29 is 14.9 Å². The van der Waals surface area contributed by atoms with Crippen LogP contribution in [0.1, 0.15) is 24.8 Å². The number of para-hydroxylation sites is 2. The van der Waals surface area contributed by atoms with E-state index in [1.165, 1.54) is 10.8 Å². The van der Waals surface area contributed by atoms with Crippen LogP contribution >= 0.6 is 0 Å². The van der Waals surface area contributed by atoms with Gasteiger partial charge < -0.3 is 19.9 Å². The Hall–Kier alpha value is -3.45. The van der Waals surface area contributed by atoms with E-state index in [1.54, 1.807) is 6.20 Å². The van der Waals surface area contributed by atoms with Gasteiger partial charge in [-0.15, -0.1) is 0 Å². The second-order valence-electron chi connectivity index (χ2n) is 9.48. The first-order valence-electron chi connectivity index (χ1n) is 12.2. The number of aliphatic hydroxyl groups excluding tert-OH is 1. The second kappa shape index (κ2) is 8.96. The van der Waals surface area contributed by atoms with Crippen LogP contribution < -0.4 is 4.74 Å². The van der Waals surface area contributed by atoms with Gasteiger partial charge in [0.25, 0.3) is 0 Å². The van der Waals surface area contributed by atoms with Crippen molar-refractivity contribution in [1.29, 1.82) is 0 Å². The van der Waals surface area contributed by atoms with E-state index in [0.29, 0.717) is 39.0 Å². The molecular formula is C29H29N3O3. The van der Waals surface area contributed by atoms with Crippen LogP contribution in [-0.2, 0) is 5.60 Å². The van der Waals surface area contributed by atoms with Crippen LogP contribution in [-0.4, -0.2) is 51.0 Å². The zero-order valence-corrected chi connectivity index (χ0v) is 19.5. The van der Waals surface area contributed by atoms with E-state index in [1.807, 2.05) is 59.5 Å². The SMILES string of the molecule is O[C@@H](CCOc1ccc2c(c1)[nH]c1ccccc12)N1CCC(O)(c2cnc3ccccc3c2)CC1. The lowest BCUT2D eigenvalue weighted by molar-refractivity contribution is -0.0819. The molecule has 1 atom stereocenters. The summed E-state index contributed by atoms with van der Waals surface area (Å²) in [5.74, 6) is 0.785. The molecule has 5 aromatic rings. The molecule has 0 radical (unpaired) electrons. The summed E-state index contributed by atoms with van der Waals surface area (Å²) < 4.78 is 5.96. The number of nitrogens with one attached hydrogen (secondary N) is 1. The number of likely N-dealkylation sites (tertiary alicyclic amines) is 1. The number of nitrogens with zero attached hydrogens (tertiary/aromatic N) is 2. The summed E-state index contributed by atoms with van der Waals surface area (Å²) in [5.41, 5.74) is 3.01. The molecule has 1 fully saturated rings. The van der Waals surface area contributed by atoms with Crippen LogP contribution in [0.2, 0.25) is 0 Å². The Labute approximate surface area is 203 Å². The summed E-state index contributed by atoms with van der Waals surface area (Å²) in [6.07, 6.45) is 2.79. The van der Waals surface area contributed by atoms with Crippen LogP contribution in [0.25, 0.3) is 32.7 Å². The van der Waals surface area contributed by atoms with E-state index in [-0.39, 0.29) is 0 Å². The van der Waals surface area contributed by atoms with Gasteiger partial charge in [0.2, 0.25) is 0 Å². The molecule has 6 nitrogen and oxygen atoms in total. The predicted octanol–water partition coefficient (Wildman–Crippen LogP) is 4.94. The molecule has 6 rings (SSSR count). The third-order valence-electron chi connectivity index (χ3n) is 7.30. The fraction of sp³-hybridized carbons (Fsp3) is 0.276. The summed E-state index contributed by atoms with van der Waals surface area (Å²) in [6.45, 7) is 1.65. The van der Waals surface area contributed by atoms with Gasteiger partial charge in [0.05, 0.1) is 23.2 Å². The minimum absolute atomic E-state index is 0.419. The van der Waals surface area contributed by atoms with E-state index in [9.17, 15) is 10.2 Å². The van der Waals surface area contributed by atoms with Gasteiger partial charge in [0.15, 0.2) is 0 Å². The number of benzene rings is 3. The standard InChI is InChI=1S/C29H29N3O3/c33-28(11-16-35-22-9-10-24-23-6-2-4-8-26(23)31-27(24)18-22)32-14-12-29(34,13-15-32)21-17-20-5-1-3-7-25(20)30-19-21/h1-10,17-19,28,31,33-34H,11-16H2/t28-/m0/s1. The topological polar surface area (TPSA) is 81.6 Å². The van der Waals surface area contributed by atoms with Gasteiger partial charge >= 0.3 is 0 Å². The molecule has 0 saturated carbocycles. The van der Waals surface area contributed by atoms with Crippen LogP contribution in [0, 0.1) is 0 Å². The maximum absolute atomic E-state index is 11.3. The van der Waals surface area contributed by atoms with Crippen molar-refractivity contribution in [2.45, 2.75) is 31.1 Å². The molecule has 0 amide bonds. The average Bonchev–Trinajstić information content (AvgIpc) is 3.26. The normalized spacial score (nSPS) is 17.2. The monoisotopic (exact) mass is 467 g/mol. The van der Waals surface area contributed by atoms with Crippen molar-refractivity contribution in [1.82, 2.24) is 14.9 Å². The summed E-state index contributed by atoms with van der Waals surface area (Å²) in [7, 11) is 0. The number of aromatic nitrogens is 2. The molecule has 0 aliphatic carbocycles. The summed E-state index contributed by atoms with van der Waals surface area (Å²) in [5, 5.41) is 25.4. The van der Waals surface area contributed by atoms with E-state index < -0.39 is 11.8 Å². The number of hydrogen-bond donors (Lipinski definition) is 3. The first-order chi connectivity index (χ1) is 17.1. The molecule has 35 heavy (non-hydrogen) atoms. The van der Waals surface area contributed by atoms with E-state index in [4.69, 9.17) is 4.74 Å². The summed E-state index contributed by atoms with van der Waals surface area (Å²) in [6, 6.07) is 24.3. The second-order valence-corrected chi connectivity index (χ2v) is 9.48. The third-order valence-corrected chi connectivity index (χ3v) is 7.30. The highest BCUT2D eigenvalue weighted by Gasteiger charge is 2.36. The van der Waals surface area contributed by atoms with Gasteiger partial charge in [-0.25, -0.2) is 0 Å². The highest BCUT2D eigenvalue weighted by molar-refractivity contribution is 6.07. The van der Waals surface area contributed by atoms with Crippen LogP contribution in [0.15, 0.2) is 79.0 Å². The number of ether oxygens (including phenoxy) is 1. The molecule has 0 bridgehead atoms. The van der Waals surface area contributed by atoms with Crippen LogP contribution in [0.4, 0.5) is 0 Å². The quantitative estimate of drug-likeness (QED) is 0.330. The number of fused-ring (bicyclic) bond motifs is 4. The van der Waals surface area contributed by atoms with Crippen molar-refractivity contribution >= 4 is 32.7 Å². The summed E-state index contributed by atoms with van der Waals surface area (Å²) >= 11 is 0. The molecule has 2 aromatic heterocycles. The molecule has 1 saturated heterocycles. The van der Waals surface area contributed by atoms with Crippen molar-refractivity contribution in [3.63, 3.8) is 0 Å². The van der Waals surface area contributed by atoms with Crippen LogP contribution in [0.5, 0.6) is 5.75 Å². The van der Waals surface area contributed by atoms with Crippen molar-refractivity contribution in [3.05, 3.63) is 84.6 Å². The fourth-order valence-electron chi connectivity index (χ4n) is 5.19. The zero-order chi connectivity index (χ0) is 23.8. The maximum Gasteiger partial charge on any atom is 0.121 e. The Morgan fingerprint density at radius 1 is 0.943 bits per heavy atom. The van der Waals surface area contributed by atoms with Gasteiger partial charge in [-0.2, -0.15) is 0 Å². The molecule has 6 heteroatoms. The van der Waals surface area contributed by atoms with Gasteiger partial charge in [-0.3, -0.25) is 9.88 Å². The van der Waals surface area contributed by atoms with Gasteiger partial charge in [0, 0.05) is 59.0 Å². The minimum atomic E-state index is -0.918. The van der Waals surface area contributed by atoms with Gasteiger partial charge in [-0.1, -0.05) is 36.4 Å². The molecule has 178 valence electrons. The van der Waals surface area contributed by atoms with Crippen molar-refractivity contribution in [2.24, 2.45) is 0 Å². The molecule has 3 N–H and O–H groups in total. The Bertz CT molecular complexity index is 1490. The number of aliphatic hydroxyl groups is 2. The molecule has 0 unspecified atom stereocenters. The molecule has 1 aliphatic heterocycles. The zero-order valence-electron chi connectivity index (χ0n) is 19.5. The van der Waals surface area contributed by atoms with E-state index in [2.05, 4.69) is 28.2 Å². The fourth-order valence-corrected chi connectivity index (χ4v) is 5.19.